The Bertz CT molecular complexity index is 190. The van der Waals surface area contributed by atoms with Crippen molar-refractivity contribution >= 4 is 5.91 Å². The number of nitrogens with two attached hydrogens (primary N) is 1. The molecule has 0 aromatic rings. The lowest BCUT2D eigenvalue weighted by molar-refractivity contribution is -0.138. The topological polar surface area (TPSA) is 43.1 Å². The van der Waals surface area contributed by atoms with Gasteiger partial charge in [-0.1, -0.05) is 0 Å². The molecule has 0 heterocycles. The second-order valence-electron chi connectivity index (χ2n) is 4.01. The third kappa shape index (κ3) is 0.940. The lowest BCUT2D eigenvalue weighted by Crippen LogP contribution is -2.51. The van der Waals surface area contributed by atoms with Gasteiger partial charge in [0.05, 0.1) is 0 Å². The maximum Gasteiger partial charge on any atom is 0.220 e. The summed E-state index contributed by atoms with van der Waals surface area (Å²) in [5.74, 6) is -0.166. The molecule has 2 fully saturated rings. The third-order valence-corrected chi connectivity index (χ3v) is 3.07. The van der Waals surface area contributed by atoms with Crippen molar-refractivity contribution in [3.63, 3.8) is 0 Å². The van der Waals surface area contributed by atoms with E-state index in [0.29, 0.717) is 12.8 Å². The van der Waals surface area contributed by atoms with E-state index in [2.05, 4.69) is 0 Å². The van der Waals surface area contributed by atoms with E-state index in [4.69, 9.17) is 5.73 Å². The molecular weight excluding hydrogens is 145 g/mol. The van der Waals surface area contributed by atoms with Gasteiger partial charge in [-0.25, -0.2) is 4.39 Å². The molecule has 2 saturated carbocycles. The summed E-state index contributed by atoms with van der Waals surface area (Å²) in [6.45, 7) is 0. The molecule has 62 valence electrons. The molecule has 0 unspecified atom stereocenters. The van der Waals surface area contributed by atoms with Crippen LogP contribution in [0.1, 0.15) is 25.7 Å². The summed E-state index contributed by atoms with van der Waals surface area (Å²) in [6.07, 6.45) is 2.39. The highest BCUT2D eigenvalue weighted by molar-refractivity contribution is 5.77. The van der Waals surface area contributed by atoms with Gasteiger partial charge >= 0.3 is 0 Å². The molecule has 2 aliphatic carbocycles. The van der Waals surface area contributed by atoms with Crippen molar-refractivity contribution in [1.29, 1.82) is 0 Å². The third-order valence-electron chi connectivity index (χ3n) is 3.07. The number of hydrogen-bond acceptors (Lipinski definition) is 1. The van der Waals surface area contributed by atoms with Crippen LogP contribution >= 0.6 is 0 Å². The number of amides is 1. The first-order valence-corrected chi connectivity index (χ1v) is 4.05. The van der Waals surface area contributed by atoms with Crippen LogP contribution in [0.4, 0.5) is 4.39 Å². The summed E-state index contributed by atoms with van der Waals surface area (Å²) in [5, 5.41) is 0. The van der Waals surface area contributed by atoms with E-state index in [1.54, 1.807) is 0 Å². The average molecular weight is 157 g/mol. The molecule has 0 radical (unpaired) electrons. The van der Waals surface area contributed by atoms with Gasteiger partial charge in [-0.2, -0.15) is 0 Å². The SMILES string of the molecule is NC(=O)C1CC2(CC(F)C2)C1. The first-order chi connectivity index (χ1) is 5.11. The quantitative estimate of drug-likeness (QED) is 0.606. The smallest absolute Gasteiger partial charge is 0.220 e. The van der Waals surface area contributed by atoms with Gasteiger partial charge in [0, 0.05) is 5.92 Å². The molecule has 0 aliphatic heterocycles. The molecular formula is C8H12FNO. The van der Waals surface area contributed by atoms with Crippen LogP contribution in [0.15, 0.2) is 0 Å². The summed E-state index contributed by atoms with van der Waals surface area (Å²) in [5.41, 5.74) is 5.29. The van der Waals surface area contributed by atoms with E-state index in [-0.39, 0.29) is 17.2 Å². The Morgan fingerprint density at radius 3 is 2.27 bits per heavy atom. The number of halogens is 1. The minimum absolute atomic E-state index is 0.0440. The Balaban J connectivity index is 1.84. The lowest BCUT2D eigenvalue weighted by atomic mass is 9.51. The van der Waals surface area contributed by atoms with E-state index < -0.39 is 6.17 Å². The first-order valence-electron chi connectivity index (χ1n) is 4.05. The molecule has 0 aromatic heterocycles. The number of rotatable bonds is 1. The van der Waals surface area contributed by atoms with Crippen LogP contribution < -0.4 is 5.73 Å². The van der Waals surface area contributed by atoms with E-state index in [0.717, 1.165) is 12.8 Å². The Morgan fingerprint density at radius 1 is 1.36 bits per heavy atom. The fourth-order valence-electron chi connectivity index (χ4n) is 2.40. The minimum atomic E-state index is -0.608. The van der Waals surface area contributed by atoms with Crippen molar-refractivity contribution in [3.05, 3.63) is 0 Å². The largest absolute Gasteiger partial charge is 0.369 e. The second kappa shape index (κ2) is 1.96. The van der Waals surface area contributed by atoms with Crippen molar-refractivity contribution in [3.8, 4) is 0 Å². The number of carbonyl (C=O) groups is 1. The summed E-state index contributed by atoms with van der Waals surface area (Å²) < 4.78 is 12.4. The second-order valence-corrected chi connectivity index (χ2v) is 4.01. The molecule has 2 rings (SSSR count). The van der Waals surface area contributed by atoms with Crippen LogP contribution in [-0.2, 0) is 4.79 Å². The number of primary amides is 1. The maximum absolute atomic E-state index is 12.4. The summed E-state index contributed by atoms with van der Waals surface area (Å²) in [4.78, 5) is 10.6. The van der Waals surface area contributed by atoms with Gasteiger partial charge in [0.1, 0.15) is 6.17 Å². The van der Waals surface area contributed by atoms with Crippen LogP contribution in [0.2, 0.25) is 0 Å². The molecule has 2 nitrogen and oxygen atoms in total. The maximum atomic E-state index is 12.4. The zero-order valence-electron chi connectivity index (χ0n) is 6.35. The van der Waals surface area contributed by atoms with E-state index in [1.807, 2.05) is 0 Å². The molecule has 11 heavy (non-hydrogen) atoms. The fourth-order valence-corrected chi connectivity index (χ4v) is 2.40. The van der Waals surface area contributed by atoms with Gasteiger partial charge in [-0.3, -0.25) is 4.79 Å². The highest BCUT2D eigenvalue weighted by Crippen LogP contribution is 2.59. The number of hydrogen-bond donors (Lipinski definition) is 1. The van der Waals surface area contributed by atoms with Crippen molar-refractivity contribution in [2.45, 2.75) is 31.9 Å². The normalized spacial score (nSPS) is 48.1. The van der Waals surface area contributed by atoms with Gasteiger partial charge in [-0.15, -0.1) is 0 Å². The Kier molecular flexibility index (Phi) is 1.26. The van der Waals surface area contributed by atoms with Gasteiger partial charge in [0.15, 0.2) is 0 Å². The molecule has 1 amide bonds. The van der Waals surface area contributed by atoms with E-state index in [9.17, 15) is 9.18 Å². The minimum Gasteiger partial charge on any atom is -0.369 e. The molecule has 0 atom stereocenters. The summed E-state index contributed by atoms with van der Waals surface area (Å²) >= 11 is 0. The number of carbonyl (C=O) groups excluding carboxylic acids is 1. The number of alkyl halides is 1. The van der Waals surface area contributed by atoms with Crippen LogP contribution in [-0.4, -0.2) is 12.1 Å². The average Bonchev–Trinajstić information content (AvgIpc) is 1.73. The fraction of sp³-hybridized carbons (Fsp3) is 0.875. The first kappa shape index (κ1) is 7.07. The summed E-state index contributed by atoms with van der Waals surface area (Å²) in [6, 6.07) is 0. The highest BCUT2D eigenvalue weighted by Gasteiger charge is 2.54. The zero-order chi connectivity index (χ0) is 8.06. The Labute approximate surface area is 64.9 Å². The molecule has 0 aromatic carbocycles. The van der Waals surface area contributed by atoms with Crippen LogP contribution in [0.5, 0.6) is 0 Å². The molecule has 0 saturated heterocycles. The van der Waals surface area contributed by atoms with Crippen LogP contribution in [0, 0.1) is 11.3 Å². The molecule has 2 N–H and O–H groups in total. The molecule has 3 heteroatoms. The van der Waals surface area contributed by atoms with Crippen molar-refractivity contribution in [2.24, 2.45) is 17.1 Å². The Hall–Kier alpha value is -0.600. The monoisotopic (exact) mass is 157 g/mol. The van der Waals surface area contributed by atoms with Gasteiger partial charge in [0.25, 0.3) is 0 Å². The Morgan fingerprint density at radius 2 is 1.91 bits per heavy atom. The highest BCUT2D eigenvalue weighted by atomic mass is 19.1. The summed E-state index contributed by atoms with van der Waals surface area (Å²) in [7, 11) is 0. The predicted octanol–water partition coefficient (Wildman–Crippen LogP) is 1.000. The van der Waals surface area contributed by atoms with Crippen molar-refractivity contribution < 1.29 is 9.18 Å². The van der Waals surface area contributed by atoms with Gasteiger partial charge in [-0.05, 0) is 31.1 Å². The van der Waals surface area contributed by atoms with Crippen LogP contribution in [0.25, 0.3) is 0 Å². The lowest BCUT2D eigenvalue weighted by Gasteiger charge is -2.54. The van der Waals surface area contributed by atoms with Gasteiger partial charge < -0.3 is 5.73 Å². The molecule has 0 bridgehead atoms. The molecule has 2 aliphatic rings. The standard InChI is InChI=1S/C8H12FNO/c9-6-3-8(4-6)1-5(2-8)7(10)11/h5-6H,1-4H2,(H2,10,11). The van der Waals surface area contributed by atoms with E-state index in [1.165, 1.54) is 0 Å². The predicted molar refractivity (Wildman–Crippen MR) is 38.5 cm³/mol. The van der Waals surface area contributed by atoms with Gasteiger partial charge in [0.2, 0.25) is 5.91 Å². The van der Waals surface area contributed by atoms with Crippen molar-refractivity contribution in [1.82, 2.24) is 0 Å². The van der Waals surface area contributed by atoms with Crippen LogP contribution in [0.3, 0.4) is 0 Å². The van der Waals surface area contributed by atoms with E-state index >= 15 is 0 Å². The molecule has 1 spiro atoms. The van der Waals surface area contributed by atoms with Crippen molar-refractivity contribution in [2.75, 3.05) is 0 Å². The zero-order valence-corrected chi connectivity index (χ0v) is 6.35.